The van der Waals surface area contributed by atoms with Crippen molar-refractivity contribution in [2.45, 2.75) is 24.7 Å². The normalized spacial score (nSPS) is 14.8. The van der Waals surface area contributed by atoms with Crippen molar-refractivity contribution in [2.24, 2.45) is 0 Å². The van der Waals surface area contributed by atoms with Gasteiger partial charge in [-0.15, -0.1) is 0 Å². The summed E-state index contributed by atoms with van der Waals surface area (Å²) in [6, 6.07) is 9.88. The number of benzene rings is 2. The summed E-state index contributed by atoms with van der Waals surface area (Å²) >= 11 is 7.62. The summed E-state index contributed by atoms with van der Waals surface area (Å²) in [5, 5.41) is 1.18. The highest BCUT2D eigenvalue weighted by Gasteiger charge is 2.24. The van der Waals surface area contributed by atoms with Crippen molar-refractivity contribution in [3.8, 4) is 5.75 Å². The van der Waals surface area contributed by atoms with Crippen LogP contribution in [0.1, 0.15) is 18.4 Å². The van der Waals surface area contributed by atoms with E-state index in [1.807, 2.05) is 19.1 Å². The molecule has 1 aliphatic rings. The van der Waals surface area contributed by atoms with Crippen molar-refractivity contribution < 1.29 is 22.7 Å². The van der Waals surface area contributed by atoms with Gasteiger partial charge in [-0.2, -0.15) is 0 Å². The molecule has 1 fully saturated rings. The molecule has 2 aromatic carbocycles. The van der Waals surface area contributed by atoms with Crippen molar-refractivity contribution >= 4 is 54.0 Å². The van der Waals surface area contributed by atoms with Crippen LogP contribution in [0.5, 0.6) is 5.75 Å². The van der Waals surface area contributed by atoms with E-state index in [-0.39, 0.29) is 23.0 Å². The van der Waals surface area contributed by atoms with Gasteiger partial charge in [0, 0.05) is 37.6 Å². The number of morpholine rings is 1. The summed E-state index contributed by atoms with van der Waals surface area (Å²) in [5.41, 5.74) is 1.74. The number of rotatable bonds is 10. The molecule has 3 aromatic rings. The molecule has 1 amide bonds. The van der Waals surface area contributed by atoms with Crippen LogP contribution in [-0.2, 0) is 19.4 Å². The lowest BCUT2D eigenvalue weighted by Crippen LogP contribution is -2.39. The molecule has 0 atom stereocenters. The first kappa shape index (κ1) is 26.8. The lowest BCUT2D eigenvalue weighted by molar-refractivity contribution is -0.118. The van der Waals surface area contributed by atoms with Crippen molar-refractivity contribution in [3.05, 3.63) is 47.0 Å². The Balaban J connectivity index is 1.50. The van der Waals surface area contributed by atoms with Crippen LogP contribution < -0.4 is 9.64 Å². The molecule has 194 valence electrons. The second kappa shape index (κ2) is 11.9. The molecule has 4 rings (SSSR count). The molecule has 0 bridgehead atoms. The van der Waals surface area contributed by atoms with E-state index in [9.17, 15) is 13.2 Å². The van der Waals surface area contributed by atoms with Gasteiger partial charge in [-0.05, 0) is 55.3 Å². The minimum atomic E-state index is -3.63. The fraction of sp³-hybridized carbons (Fsp3) is 0.440. The number of nitrogens with zero attached hydrogens (tertiary/aromatic N) is 3. The Morgan fingerprint density at radius 3 is 2.64 bits per heavy atom. The number of anilines is 1. The predicted octanol–water partition coefficient (Wildman–Crippen LogP) is 4.19. The molecule has 0 spiro atoms. The van der Waals surface area contributed by atoms with Gasteiger partial charge in [-0.3, -0.25) is 14.6 Å². The van der Waals surface area contributed by atoms with Gasteiger partial charge in [0.2, 0.25) is 5.91 Å². The summed E-state index contributed by atoms with van der Waals surface area (Å²) in [7, 11) is -2.11. The van der Waals surface area contributed by atoms with Gasteiger partial charge in [0.25, 0.3) is 0 Å². The van der Waals surface area contributed by atoms with Gasteiger partial charge in [-0.1, -0.05) is 22.9 Å². The smallest absolute Gasteiger partial charge is 0.229 e. The minimum absolute atomic E-state index is 0.137. The number of carbonyl (C=O) groups is 1. The zero-order chi connectivity index (χ0) is 25.7. The minimum Gasteiger partial charge on any atom is -0.497 e. The number of hydrogen-bond acceptors (Lipinski definition) is 8. The van der Waals surface area contributed by atoms with Crippen LogP contribution in [0.3, 0.4) is 0 Å². The highest BCUT2D eigenvalue weighted by molar-refractivity contribution is 7.91. The van der Waals surface area contributed by atoms with Crippen molar-refractivity contribution in [1.82, 2.24) is 9.88 Å². The molecule has 0 N–H and O–H groups in total. The van der Waals surface area contributed by atoms with E-state index in [2.05, 4.69) is 4.90 Å². The summed E-state index contributed by atoms with van der Waals surface area (Å²) < 4.78 is 37.2. The van der Waals surface area contributed by atoms with E-state index in [0.29, 0.717) is 35.7 Å². The molecule has 8 nitrogen and oxygen atoms in total. The van der Waals surface area contributed by atoms with Gasteiger partial charge in [0.05, 0.1) is 41.2 Å². The highest BCUT2D eigenvalue weighted by Crippen LogP contribution is 2.33. The summed E-state index contributed by atoms with van der Waals surface area (Å²) in [4.78, 5) is 22.2. The fourth-order valence-corrected chi connectivity index (χ4v) is 6.81. The van der Waals surface area contributed by atoms with E-state index in [4.69, 9.17) is 26.1 Å². The van der Waals surface area contributed by atoms with Crippen LogP contribution >= 0.6 is 22.9 Å². The third-order valence-corrected chi connectivity index (χ3v) is 9.11. The topological polar surface area (TPSA) is 89.0 Å². The molecule has 36 heavy (non-hydrogen) atoms. The first-order valence-corrected chi connectivity index (χ1v) is 14.7. The Labute approximate surface area is 220 Å². The molecule has 1 saturated heterocycles. The first-order chi connectivity index (χ1) is 17.3. The number of aryl methyl sites for hydroxylation is 1. The maximum absolute atomic E-state index is 13.4. The van der Waals surface area contributed by atoms with E-state index in [0.717, 1.165) is 41.8 Å². The maximum Gasteiger partial charge on any atom is 0.229 e. The van der Waals surface area contributed by atoms with E-state index in [1.54, 1.807) is 17.0 Å². The van der Waals surface area contributed by atoms with Crippen molar-refractivity contribution in [2.75, 3.05) is 57.2 Å². The molecular weight excluding hydrogens is 522 g/mol. The molecule has 0 saturated carbocycles. The van der Waals surface area contributed by atoms with Crippen LogP contribution in [0, 0.1) is 6.92 Å². The van der Waals surface area contributed by atoms with Crippen LogP contribution in [-0.4, -0.2) is 76.5 Å². The molecule has 0 unspecified atom stereocenters. The third-order valence-electron chi connectivity index (χ3n) is 6.13. The second-order valence-electron chi connectivity index (χ2n) is 8.66. The maximum atomic E-state index is 13.4. The van der Waals surface area contributed by atoms with E-state index in [1.165, 1.54) is 30.6 Å². The Morgan fingerprint density at radius 1 is 1.22 bits per heavy atom. The molecule has 2 heterocycles. The number of thiazole rings is 1. The van der Waals surface area contributed by atoms with Gasteiger partial charge in [0.1, 0.15) is 5.75 Å². The molecule has 0 aliphatic carbocycles. The Hall–Kier alpha value is -2.24. The SMILES string of the molecule is COc1ccc(S(=O)(=O)CCC(=O)N(CCCN2CCOCC2)c2nc3c(C)cc(Cl)cc3s2)cc1. The quantitative estimate of drug-likeness (QED) is 0.373. The molecular formula is C25H30ClN3O5S2. The molecule has 0 radical (unpaired) electrons. The molecule has 11 heteroatoms. The number of amides is 1. The van der Waals surface area contributed by atoms with Gasteiger partial charge in [0.15, 0.2) is 15.0 Å². The van der Waals surface area contributed by atoms with Crippen LogP contribution in [0.4, 0.5) is 5.13 Å². The summed E-state index contributed by atoms with van der Waals surface area (Å²) in [5.74, 6) is 0.0213. The largest absolute Gasteiger partial charge is 0.497 e. The zero-order valence-electron chi connectivity index (χ0n) is 20.4. The van der Waals surface area contributed by atoms with Crippen LogP contribution in [0.15, 0.2) is 41.3 Å². The number of hydrogen-bond donors (Lipinski definition) is 0. The van der Waals surface area contributed by atoms with Crippen molar-refractivity contribution in [3.63, 3.8) is 0 Å². The second-order valence-corrected chi connectivity index (χ2v) is 12.2. The molecule has 1 aromatic heterocycles. The number of halogens is 1. The standard InChI is InChI=1S/C25H30ClN3O5S2/c1-18-16-19(26)17-22-24(18)27-25(35-22)29(10-3-9-28-11-13-34-14-12-28)23(30)8-15-36(31,32)21-6-4-20(33-2)5-7-21/h4-7,16-17H,3,8-15H2,1-2H3. The lowest BCUT2D eigenvalue weighted by Gasteiger charge is -2.27. The summed E-state index contributed by atoms with van der Waals surface area (Å²) in [6.45, 7) is 6.37. The summed E-state index contributed by atoms with van der Waals surface area (Å²) in [6.07, 6.45) is 0.605. The third kappa shape index (κ3) is 6.54. The zero-order valence-corrected chi connectivity index (χ0v) is 22.8. The lowest BCUT2D eigenvalue weighted by atomic mass is 10.2. The van der Waals surface area contributed by atoms with Crippen LogP contribution in [0.2, 0.25) is 5.02 Å². The van der Waals surface area contributed by atoms with Gasteiger partial charge >= 0.3 is 0 Å². The number of carbonyl (C=O) groups excluding carboxylic acids is 1. The van der Waals surface area contributed by atoms with Crippen LogP contribution in [0.25, 0.3) is 10.2 Å². The average Bonchev–Trinajstić information content (AvgIpc) is 3.30. The average molecular weight is 552 g/mol. The van der Waals surface area contributed by atoms with Gasteiger partial charge < -0.3 is 9.47 Å². The highest BCUT2D eigenvalue weighted by atomic mass is 35.5. The van der Waals surface area contributed by atoms with E-state index < -0.39 is 9.84 Å². The van der Waals surface area contributed by atoms with Crippen molar-refractivity contribution in [1.29, 1.82) is 0 Å². The monoisotopic (exact) mass is 551 g/mol. The number of sulfone groups is 1. The fourth-order valence-electron chi connectivity index (χ4n) is 4.12. The molecule has 1 aliphatic heterocycles. The first-order valence-electron chi connectivity index (χ1n) is 11.8. The Bertz CT molecular complexity index is 1310. The number of aromatic nitrogens is 1. The number of ether oxygens (including phenoxy) is 2. The van der Waals surface area contributed by atoms with Gasteiger partial charge in [-0.25, -0.2) is 13.4 Å². The Kier molecular flexibility index (Phi) is 8.84. The number of methoxy groups -OCH3 is 1. The number of fused-ring (bicyclic) bond motifs is 1. The predicted molar refractivity (Wildman–Crippen MR) is 143 cm³/mol. The van der Waals surface area contributed by atoms with E-state index >= 15 is 0 Å². The Morgan fingerprint density at radius 2 is 1.94 bits per heavy atom.